The van der Waals surface area contributed by atoms with Gasteiger partial charge in [-0.15, -0.1) is 0 Å². The maximum Gasteiger partial charge on any atom is 0.251 e. The molecule has 1 aromatic carbocycles. The number of rotatable bonds is 5. The van der Waals surface area contributed by atoms with Crippen molar-refractivity contribution in [1.82, 2.24) is 9.62 Å². The second-order valence-corrected chi connectivity index (χ2v) is 8.49. The van der Waals surface area contributed by atoms with Crippen LogP contribution in [0.1, 0.15) is 23.2 Å². The number of piperidine rings is 1. The summed E-state index contributed by atoms with van der Waals surface area (Å²) in [6.45, 7) is 2.63. The van der Waals surface area contributed by atoms with E-state index < -0.39 is 10.0 Å². The van der Waals surface area contributed by atoms with E-state index in [9.17, 15) is 13.2 Å². The molecule has 3 N–H and O–H groups in total. The molecule has 1 aromatic rings. The van der Waals surface area contributed by atoms with Gasteiger partial charge >= 0.3 is 0 Å². The Morgan fingerprint density at radius 3 is 2.73 bits per heavy atom. The lowest BCUT2D eigenvalue weighted by Gasteiger charge is -2.29. The molecular formula is C17H25N3O5S. The maximum atomic E-state index is 12.8. The first kappa shape index (κ1) is 19.2. The molecule has 144 valence electrons. The number of nitrogens with one attached hydrogen (secondary N) is 1. The van der Waals surface area contributed by atoms with Gasteiger partial charge in [-0.3, -0.25) is 4.79 Å². The number of hydrogen-bond donors (Lipinski definition) is 2. The van der Waals surface area contributed by atoms with Crippen LogP contribution >= 0.6 is 0 Å². The van der Waals surface area contributed by atoms with E-state index in [-0.39, 0.29) is 22.9 Å². The van der Waals surface area contributed by atoms with Gasteiger partial charge in [0.1, 0.15) is 0 Å². The van der Waals surface area contributed by atoms with Gasteiger partial charge in [0.2, 0.25) is 10.0 Å². The van der Waals surface area contributed by atoms with Crippen LogP contribution in [0.5, 0.6) is 0 Å². The van der Waals surface area contributed by atoms with E-state index in [0.717, 1.165) is 0 Å². The Hall–Kier alpha value is -1.52. The molecule has 2 saturated heterocycles. The van der Waals surface area contributed by atoms with Crippen LogP contribution in [0.25, 0.3) is 0 Å². The van der Waals surface area contributed by atoms with E-state index in [1.807, 2.05) is 0 Å². The van der Waals surface area contributed by atoms with Gasteiger partial charge in [0.05, 0.1) is 30.8 Å². The molecule has 8 nitrogen and oxygen atoms in total. The van der Waals surface area contributed by atoms with E-state index in [1.54, 1.807) is 12.1 Å². The minimum absolute atomic E-state index is 0.0459. The zero-order valence-electron chi connectivity index (χ0n) is 14.6. The van der Waals surface area contributed by atoms with Gasteiger partial charge in [0, 0.05) is 31.2 Å². The van der Waals surface area contributed by atoms with E-state index >= 15 is 0 Å². The van der Waals surface area contributed by atoms with E-state index in [1.165, 1.54) is 16.4 Å². The summed E-state index contributed by atoms with van der Waals surface area (Å²) in [5.41, 5.74) is 6.15. The molecule has 0 radical (unpaired) electrons. The Balaban J connectivity index is 1.66. The monoisotopic (exact) mass is 383 g/mol. The molecule has 0 unspecified atom stereocenters. The Labute approximate surface area is 153 Å². The van der Waals surface area contributed by atoms with Crippen LogP contribution in [-0.2, 0) is 19.5 Å². The predicted molar refractivity (Wildman–Crippen MR) is 95.3 cm³/mol. The highest BCUT2D eigenvalue weighted by Gasteiger charge is 2.28. The molecular weight excluding hydrogens is 358 g/mol. The molecule has 3 rings (SSSR count). The molecule has 1 amide bonds. The maximum absolute atomic E-state index is 12.8. The van der Waals surface area contributed by atoms with Gasteiger partial charge in [0.25, 0.3) is 5.91 Å². The molecule has 0 spiro atoms. The number of sulfonamides is 1. The molecule has 1 atom stereocenters. The Morgan fingerprint density at radius 2 is 2.04 bits per heavy atom. The molecule has 0 saturated carbocycles. The van der Waals surface area contributed by atoms with Crippen molar-refractivity contribution in [3.05, 3.63) is 29.8 Å². The van der Waals surface area contributed by atoms with Gasteiger partial charge in [-0.05, 0) is 31.0 Å². The molecule has 2 aliphatic rings. The zero-order chi connectivity index (χ0) is 18.6. The summed E-state index contributed by atoms with van der Waals surface area (Å²) >= 11 is 0. The third-order valence-corrected chi connectivity index (χ3v) is 6.50. The average Bonchev–Trinajstić information content (AvgIpc) is 2.67. The molecule has 9 heteroatoms. The first-order valence-corrected chi connectivity index (χ1v) is 10.2. The van der Waals surface area contributed by atoms with Crippen molar-refractivity contribution < 1.29 is 22.7 Å². The molecule has 2 heterocycles. The highest BCUT2D eigenvalue weighted by atomic mass is 32.2. The van der Waals surface area contributed by atoms with Gasteiger partial charge in [-0.25, -0.2) is 8.42 Å². The standard InChI is InChI=1S/C17H25N3O5S/c18-14-4-6-20(7-5-14)26(22,23)16-3-1-2-13(10-16)17(21)19-11-15-12-24-8-9-25-15/h1-3,10,14-15H,4-9,11-12,18H2,(H,19,21)/t15-/m1/s1. The quantitative estimate of drug-likeness (QED) is 0.737. The summed E-state index contributed by atoms with van der Waals surface area (Å²) in [7, 11) is -3.62. The third-order valence-electron chi connectivity index (χ3n) is 4.61. The first-order chi connectivity index (χ1) is 12.5. The zero-order valence-corrected chi connectivity index (χ0v) is 15.4. The molecule has 26 heavy (non-hydrogen) atoms. The number of nitrogens with two attached hydrogens (primary N) is 1. The highest BCUT2D eigenvalue weighted by molar-refractivity contribution is 7.89. The topological polar surface area (TPSA) is 111 Å². The van der Waals surface area contributed by atoms with Crippen LogP contribution in [-0.4, -0.2) is 70.2 Å². The largest absolute Gasteiger partial charge is 0.376 e. The minimum atomic E-state index is -3.62. The van der Waals surface area contributed by atoms with Crippen molar-refractivity contribution in [2.75, 3.05) is 39.5 Å². The van der Waals surface area contributed by atoms with E-state index in [4.69, 9.17) is 15.2 Å². The third kappa shape index (κ3) is 4.60. The Kier molecular flexibility index (Phi) is 6.25. The van der Waals surface area contributed by atoms with Crippen LogP contribution in [0, 0.1) is 0 Å². The van der Waals surface area contributed by atoms with Crippen LogP contribution in [0.4, 0.5) is 0 Å². The van der Waals surface area contributed by atoms with Crippen molar-refractivity contribution in [2.24, 2.45) is 5.73 Å². The lowest BCUT2D eigenvalue weighted by Crippen LogP contribution is -2.42. The summed E-state index contributed by atoms with van der Waals surface area (Å²) in [6, 6.07) is 6.15. The Bertz CT molecular complexity index is 726. The van der Waals surface area contributed by atoms with Crippen LogP contribution in [0.2, 0.25) is 0 Å². The summed E-state index contributed by atoms with van der Waals surface area (Å²) in [4.78, 5) is 12.5. The predicted octanol–water partition coefficient (Wildman–Crippen LogP) is -0.0564. The molecule has 0 bridgehead atoms. The first-order valence-electron chi connectivity index (χ1n) is 8.80. The molecule has 0 aliphatic carbocycles. The number of carbonyl (C=O) groups excluding carboxylic acids is 1. The number of hydrogen-bond acceptors (Lipinski definition) is 6. The van der Waals surface area contributed by atoms with Crippen LogP contribution in [0.15, 0.2) is 29.2 Å². The lowest BCUT2D eigenvalue weighted by atomic mass is 10.1. The van der Waals surface area contributed by atoms with Crippen molar-refractivity contribution in [3.8, 4) is 0 Å². The fourth-order valence-electron chi connectivity index (χ4n) is 3.03. The molecule has 2 aliphatic heterocycles. The smallest absolute Gasteiger partial charge is 0.251 e. The summed E-state index contributed by atoms with van der Waals surface area (Å²) in [5.74, 6) is -0.336. The minimum Gasteiger partial charge on any atom is -0.376 e. The number of benzene rings is 1. The van der Waals surface area contributed by atoms with Crippen molar-refractivity contribution in [3.63, 3.8) is 0 Å². The second kappa shape index (κ2) is 8.45. The lowest BCUT2D eigenvalue weighted by molar-refractivity contribution is -0.0855. The molecule has 0 aromatic heterocycles. The van der Waals surface area contributed by atoms with Crippen LogP contribution in [0.3, 0.4) is 0 Å². The normalized spacial score (nSPS) is 22.9. The van der Waals surface area contributed by atoms with Crippen molar-refractivity contribution in [2.45, 2.75) is 29.9 Å². The number of nitrogens with zero attached hydrogens (tertiary/aromatic N) is 1. The van der Waals surface area contributed by atoms with E-state index in [2.05, 4.69) is 5.32 Å². The van der Waals surface area contributed by atoms with Crippen molar-refractivity contribution >= 4 is 15.9 Å². The summed E-state index contributed by atoms with van der Waals surface area (Å²) in [5, 5.41) is 2.76. The van der Waals surface area contributed by atoms with Crippen molar-refractivity contribution in [1.29, 1.82) is 0 Å². The van der Waals surface area contributed by atoms with Gasteiger partial charge in [-0.2, -0.15) is 4.31 Å². The van der Waals surface area contributed by atoms with Gasteiger partial charge < -0.3 is 20.5 Å². The SMILES string of the molecule is NC1CCN(S(=O)(=O)c2cccc(C(=O)NC[C@@H]3COCCO3)c2)CC1. The van der Waals surface area contributed by atoms with Crippen LogP contribution < -0.4 is 11.1 Å². The number of ether oxygens (including phenoxy) is 2. The van der Waals surface area contributed by atoms with E-state index in [0.29, 0.717) is 57.9 Å². The van der Waals surface area contributed by atoms with Gasteiger partial charge in [-0.1, -0.05) is 6.07 Å². The van der Waals surface area contributed by atoms with Gasteiger partial charge in [0.15, 0.2) is 0 Å². The fourth-order valence-corrected chi connectivity index (χ4v) is 4.54. The summed E-state index contributed by atoms with van der Waals surface area (Å²) < 4.78 is 37.8. The fraction of sp³-hybridized carbons (Fsp3) is 0.588. The second-order valence-electron chi connectivity index (χ2n) is 6.55. The number of amides is 1. The Morgan fingerprint density at radius 1 is 1.27 bits per heavy atom. The molecule has 2 fully saturated rings. The average molecular weight is 383 g/mol. The number of carbonyl (C=O) groups is 1. The summed E-state index contributed by atoms with van der Waals surface area (Å²) in [6.07, 6.45) is 1.10. The highest BCUT2D eigenvalue weighted by Crippen LogP contribution is 2.21.